The number of carbonyl (C=O) groups excluding carboxylic acids is 2. The molecule has 138 valence electrons. The van der Waals surface area contributed by atoms with E-state index >= 15 is 0 Å². The number of benzene rings is 1. The van der Waals surface area contributed by atoms with Crippen molar-refractivity contribution in [2.75, 3.05) is 18.9 Å². The molecule has 1 aliphatic carbocycles. The van der Waals surface area contributed by atoms with Crippen molar-refractivity contribution in [1.82, 2.24) is 4.90 Å². The summed E-state index contributed by atoms with van der Waals surface area (Å²) in [5.74, 6) is 0.461. The molecule has 0 radical (unpaired) electrons. The zero-order valence-electron chi connectivity index (χ0n) is 15.9. The van der Waals surface area contributed by atoms with Crippen LogP contribution in [-0.4, -0.2) is 30.3 Å². The van der Waals surface area contributed by atoms with E-state index < -0.39 is 0 Å². The lowest BCUT2D eigenvalue weighted by molar-refractivity contribution is -0.136. The van der Waals surface area contributed by atoms with Crippen LogP contribution in [0.2, 0.25) is 0 Å². The molecule has 0 unspecified atom stereocenters. The number of carbonyl (C=O) groups is 2. The van der Waals surface area contributed by atoms with E-state index in [1.54, 1.807) is 0 Å². The molecule has 4 heteroatoms. The van der Waals surface area contributed by atoms with Crippen molar-refractivity contribution >= 4 is 17.5 Å². The van der Waals surface area contributed by atoms with Gasteiger partial charge in [-0.1, -0.05) is 32.4 Å². The Labute approximate surface area is 152 Å². The summed E-state index contributed by atoms with van der Waals surface area (Å²) in [6, 6.07) is 8.04. The van der Waals surface area contributed by atoms with Crippen LogP contribution in [0.4, 0.5) is 5.69 Å². The van der Waals surface area contributed by atoms with Crippen LogP contribution in [0.1, 0.15) is 57.9 Å². The zero-order valence-corrected chi connectivity index (χ0v) is 15.9. The molecule has 1 saturated carbocycles. The topological polar surface area (TPSA) is 49.4 Å². The normalized spacial score (nSPS) is 20.1. The summed E-state index contributed by atoms with van der Waals surface area (Å²) < 4.78 is 0. The number of nitrogens with one attached hydrogen (secondary N) is 1. The van der Waals surface area contributed by atoms with Crippen molar-refractivity contribution in [1.29, 1.82) is 0 Å². The third kappa shape index (κ3) is 5.58. The predicted octanol–water partition coefficient (Wildman–Crippen LogP) is 4.25. The lowest BCUT2D eigenvalue weighted by atomic mass is 9.81. The van der Waals surface area contributed by atoms with Crippen LogP contribution in [0, 0.1) is 11.8 Å². The number of hydrogen-bond acceptors (Lipinski definition) is 2. The average molecular weight is 344 g/mol. The molecule has 4 nitrogen and oxygen atoms in total. The monoisotopic (exact) mass is 344 g/mol. The summed E-state index contributed by atoms with van der Waals surface area (Å²) in [7, 11) is 1.90. The van der Waals surface area contributed by atoms with Crippen LogP contribution < -0.4 is 5.32 Å². The summed E-state index contributed by atoms with van der Waals surface area (Å²) in [4.78, 5) is 26.8. The lowest BCUT2D eigenvalue weighted by Crippen LogP contribution is -2.37. The van der Waals surface area contributed by atoms with Crippen LogP contribution in [0.25, 0.3) is 0 Å². The summed E-state index contributed by atoms with van der Waals surface area (Å²) in [6.07, 6.45) is 6.40. The molecule has 0 aromatic heterocycles. The molecule has 2 rings (SSSR count). The van der Waals surface area contributed by atoms with Gasteiger partial charge in [-0.3, -0.25) is 9.59 Å². The van der Waals surface area contributed by atoms with E-state index in [0.717, 1.165) is 57.2 Å². The smallest absolute Gasteiger partial charge is 0.227 e. The van der Waals surface area contributed by atoms with Gasteiger partial charge < -0.3 is 10.2 Å². The molecule has 25 heavy (non-hydrogen) atoms. The highest BCUT2D eigenvalue weighted by Gasteiger charge is 2.31. The van der Waals surface area contributed by atoms with Gasteiger partial charge >= 0.3 is 0 Å². The van der Waals surface area contributed by atoms with Crippen molar-refractivity contribution in [2.45, 2.75) is 58.8 Å². The van der Waals surface area contributed by atoms with Crippen LogP contribution >= 0.6 is 0 Å². The van der Waals surface area contributed by atoms with E-state index in [1.807, 2.05) is 24.1 Å². The molecule has 0 saturated heterocycles. The van der Waals surface area contributed by atoms with Crippen molar-refractivity contribution in [2.24, 2.45) is 11.8 Å². The molecule has 1 N–H and O–H groups in total. The number of anilines is 1. The van der Waals surface area contributed by atoms with Crippen LogP contribution in [0.15, 0.2) is 24.3 Å². The first kappa shape index (κ1) is 19.5. The number of nitrogens with zero attached hydrogens (tertiary/aromatic N) is 1. The highest BCUT2D eigenvalue weighted by Crippen LogP contribution is 2.31. The van der Waals surface area contributed by atoms with Gasteiger partial charge in [-0.2, -0.15) is 0 Å². The van der Waals surface area contributed by atoms with Crippen LogP contribution in [0.5, 0.6) is 0 Å². The van der Waals surface area contributed by atoms with E-state index in [0.29, 0.717) is 0 Å². The van der Waals surface area contributed by atoms with Gasteiger partial charge in [-0.15, -0.1) is 0 Å². The predicted molar refractivity (Wildman–Crippen MR) is 102 cm³/mol. The van der Waals surface area contributed by atoms with Crippen LogP contribution in [0.3, 0.4) is 0 Å². The number of amides is 2. The first-order valence-corrected chi connectivity index (χ1v) is 9.69. The molecule has 1 aromatic carbocycles. The van der Waals surface area contributed by atoms with Gasteiger partial charge in [-0.25, -0.2) is 0 Å². The SMILES string of the molecule is CCCCN(C)C(=O)C1CCC(C(=O)Nc2ccc(CC)cc2)CC1. The summed E-state index contributed by atoms with van der Waals surface area (Å²) in [5.41, 5.74) is 2.13. The van der Waals surface area contributed by atoms with Gasteiger partial charge in [0.15, 0.2) is 0 Å². The Hall–Kier alpha value is -1.84. The van der Waals surface area contributed by atoms with E-state index in [1.165, 1.54) is 5.56 Å². The highest BCUT2D eigenvalue weighted by atomic mass is 16.2. The first-order valence-electron chi connectivity index (χ1n) is 9.69. The van der Waals surface area contributed by atoms with Gasteiger partial charge in [0, 0.05) is 31.1 Å². The number of aryl methyl sites for hydroxylation is 1. The fraction of sp³-hybridized carbons (Fsp3) is 0.619. The molecule has 0 bridgehead atoms. The summed E-state index contributed by atoms with van der Waals surface area (Å²) in [6.45, 7) is 5.09. The molecule has 0 spiro atoms. The minimum absolute atomic E-state index is 0.0239. The van der Waals surface area contributed by atoms with Gasteiger partial charge in [0.25, 0.3) is 0 Å². The Bertz CT molecular complexity index is 560. The molecular formula is C21H32N2O2. The Balaban J connectivity index is 1.80. The number of rotatable bonds is 7. The second-order valence-electron chi connectivity index (χ2n) is 7.20. The molecule has 1 fully saturated rings. The minimum atomic E-state index is 0.0239. The molecule has 1 aromatic rings. The Kier molecular flexibility index (Phi) is 7.48. The molecule has 0 atom stereocenters. The first-order chi connectivity index (χ1) is 12.0. The van der Waals surface area contributed by atoms with Gasteiger partial charge in [0.05, 0.1) is 0 Å². The zero-order chi connectivity index (χ0) is 18.2. The molecular weight excluding hydrogens is 312 g/mol. The third-order valence-corrected chi connectivity index (χ3v) is 5.30. The molecule has 0 heterocycles. The standard InChI is InChI=1S/C21H32N2O2/c1-4-6-15-23(3)21(25)18-11-9-17(10-12-18)20(24)22-19-13-7-16(5-2)8-14-19/h7-8,13-14,17-18H,4-6,9-12,15H2,1-3H3,(H,22,24). The van der Waals surface area contributed by atoms with Gasteiger partial charge in [-0.05, 0) is 56.2 Å². The van der Waals surface area contributed by atoms with Crippen molar-refractivity contribution in [3.8, 4) is 0 Å². The third-order valence-electron chi connectivity index (χ3n) is 5.30. The lowest BCUT2D eigenvalue weighted by Gasteiger charge is -2.30. The molecule has 0 aliphatic heterocycles. The van der Waals surface area contributed by atoms with E-state index in [2.05, 4.69) is 31.3 Å². The minimum Gasteiger partial charge on any atom is -0.346 e. The Morgan fingerprint density at radius 1 is 1.04 bits per heavy atom. The second kappa shape index (κ2) is 9.59. The number of unbranched alkanes of at least 4 members (excludes halogenated alkanes) is 1. The van der Waals surface area contributed by atoms with E-state index in [9.17, 15) is 9.59 Å². The maximum Gasteiger partial charge on any atom is 0.227 e. The van der Waals surface area contributed by atoms with Gasteiger partial charge in [0.2, 0.25) is 11.8 Å². The number of hydrogen-bond donors (Lipinski definition) is 1. The maximum atomic E-state index is 12.5. The highest BCUT2D eigenvalue weighted by molar-refractivity contribution is 5.92. The van der Waals surface area contributed by atoms with Gasteiger partial charge in [0.1, 0.15) is 0 Å². The van der Waals surface area contributed by atoms with Crippen molar-refractivity contribution < 1.29 is 9.59 Å². The molecule has 1 aliphatic rings. The average Bonchev–Trinajstić information content (AvgIpc) is 2.66. The summed E-state index contributed by atoms with van der Waals surface area (Å²) in [5, 5.41) is 3.02. The largest absolute Gasteiger partial charge is 0.346 e. The van der Waals surface area contributed by atoms with Crippen LogP contribution in [-0.2, 0) is 16.0 Å². The fourth-order valence-corrected chi connectivity index (χ4v) is 3.49. The Morgan fingerprint density at radius 3 is 2.20 bits per heavy atom. The molecule has 2 amide bonds. The second-order valence-corrected chi connectivity index (χ2v) is 7.20. The maximum absolute atomic E-state index is 12.5. The summed E-state index contributed by atoms with van der Waals surface area (Å²) >= 11 is 0. The van der Waals surface area contributed by atoms with Crippen molar-refractivity contribution in [3.63, 3.8) is 0 Å². The Morgan fingerprint density at radius 2 is 1.64 bits per heavy atom. The van der Waals surface area contributed by atoms with E-state index in [-0.39, 0.29) is 23.7 Å². The quantitative estimate of drug-likeness (QED) is 0.804. The van der Waals surface area contributed by atoms with Crippen molar-refractivity contribution in [3.05, 3.63) is 29.8 Å². The van der Waals surface area contributed by atoms with E-state index in [4.69, 9.17) is 0 Å². The fourth-order valence-electron chi connectivity index (χ4n) is 3.49.